The maximum absolute atomic E-state index is 11.4. The van der Waals surface area contributed by atoms with Gasteiger partial charge in [-0.1, -0.05) is 12.1 Å². The van der Waals surface area contributed by atoms with E-state index in [-0.39, 0.29) is 0 Å². The number of esters is 1. The van der Waals surface area contributed by atoms with Crippen LogP contribution in [0, 0.1) is 0 Å². The minimum absolute atomic E-state index is 0.294. The number of hydrogen-bond acceptors (Lipinski definition) is 5. The molecular weight excluding hydrogens is 288 g/mol. The van der Waals surface area contributed by atoms with Crippen molar-refractivity contribution in [1.29, 1.82) is 0 Å². The van der Waals surface area contributed by atoms with Crippen LogP contribution in [-0.2, 0) is 14.3 Å². The van der Waals surface area contributed by atoms with Gasteiger partial charge >= 0.3 is 11.9 Å². The van der Waals surface area contributed by atoms with Crippen molar-refractivity contribution in [3.8, 4) is 11.5 Å². The molecule has 0 saturated carbocycles. The van der Waals surface area contributed by atoms with Gasteiger partial charge in [-0.25, -0.2) is 9.59 Å². The van der Waals surface area contributed by atoms with Crippen molar-refractivity contribution >= 4 is 24.1 Å². The van der Waals surface area contributed by atoms with Gasteiger partial charge in [0.1, 0.15) is 0 Å². The first-order chi connectivity index (χ1) is 10.5. The van der Waals surface area contributed by atoms with E-state index in [1.54, 1.807) is 25.1 Å². The zero-order chi connectivity index (χ0) is 16.5. The van der Waals surface area contributed by atoms with Crippen LogP contribution >= 0.6 is 0 Å². The summed E-state index contributed by atoms with van der Waals surface area (Å²) in [4.78, 5) is 22.0. The first-order valence-corrected chi connectivity index (χ1v) is 6.54. The molecule has 0 unspecified atom stereocenters. The highest BCUT2D eigenvalue weighted by Gasteiger charge is 2.12. The molecule has 0 radical (unpaired) electrons. The lowest BCUT2D eigenvalue weighted by atomic mass is 10.1. The fourth-order valence-corrected chi connectivity index (χ4v) is 1.79. The summed E-state index contributed by atoms with van der Waals surface area (Å²) in [5.41, 5.74) is 1.16. The van der Waals surface area contributed by atoms with Gasteiger partial charge in [-0.2, -0.15) is 0 Å². The second kappa shape index (κ2) is 8.51. The van der Waals surface area contributed by atoms with Crippen LogP contribution in [0.5, 0.6) is 11.5 Å². The van der Waals surface area contributed by atoms with Gasteiger partial charge in [0.05, 0.1) is 20.8 Å². The third-order valence-corrected chi connectivity index (χ3v) is 2.67. The van der Waals surface area contributed by atoms with Crippen molar-refractivity contribution < 1.29 is 28.9 Å². The maximum Gasteiger partial charge on any atom is 0.330 e. The molecule has 0 aromatic heterocycles. The average molecular weight is 306 g/mol. The largest absolute Gasteiger partial charge is 0.492 e. The van der Waals surface area contributed by atoms with E-state index < -0.39 is 11.9 Å². The number of carbonyl (C=O) groups is 2. The Hall–Kier alpha value is -2.76. The van der Waals surface area contributed by atoms with E-state index in [2.05, 4.69) is 0 Å². The zero-order valence-corrected chi connectivity index (χ0v) is 12.7. The molecule has 1 N–H and O–H groups in total. The highest BCUT2D eigenvalue weighted by atomic mass is 16.5. The number of aliphatic carboxylic acids is 1. The van der Waals surface area contributed by atoms with Gasteiger partial charge in [-0.15, -0.1) is 0 Å². The number of carboxylic acid groups (broad SMARTS) is 1. The molecule has 0 bridgehead atoms. The first kappa shape index (κ1) is 17.3. The lowest BCUT2D eigenvalue weighted by Gasteiger charge is -2.13. The zero-order valence-electron chi connectivity index (χ0n) is 12.7. The Bertz CT molecular complexity index is 601. The van der Waals surface area contributed by atoms with E-state index >= 15 is 0 Å². The summed E-state index contributed by atoms with van der Waals surface area (Å²) in [5, 5.41) is 8.69. The van der Waals surface area contributed by atoms with E-state index in [9.17, 15) is 9.59 Å². The predicted octanol–water partition coefficient (Wildman–Crippen LogP) is 2.38. The third-order valence-electron chi connectivity index (χ3n) is 2.67. The van der Waals surface area contributed by atoms with Crippen LogP contribution in [0.4, 0.5) is 0 Å². The summed E-state index contributed by atoms with van der Waals surface area (Å²) in [6.07, 6.45) is 5.24. The quantitative estimate of drug-likeness (QED) is 0.615. The van der Waals surface area contributed by atoms with Gasteiger partial charge in [0.15, 0.2) is 11.5 Å². The van der Waals surface area contributed by atoms with Crippen molar-refractivity contribution in [2.24, 2.45) is 0 Å². The highest BCUT2D eigenvalue weighted by molar-refractivity contribution is 5.89. The molecule has 0 aliphatic carbocycles. The number of carboxylic acids is 1. The number of carbonyl (C=O) groups excluding carboxylic acids is 1. The van der Waals surface area contributed by atoms with Crippen molar-refractivity contribution in [1.82, 2.24) is 0 Å². The molecule has 0 atom stereocenters. The van der Waals surface area contributed by atoms with Crippen LogP contribution in [0.3, 0.4) is 0 Å². The van der Waals surface area contributed by atoms with Crippen molar-refractivity contribution in [3.05, 3.63) is 35.4 Å². The summed E-state index contributed by atoms with van der Waals surface area (Å²) in [7, 11) is 2.92. The summed E-state index contributed by atoms with van der Waals surface area (Å²) < 4.78 is 15.4. The molecule has 0 fully saturated rings. The standard InChI is InChI=1S/C16H18O6/c1-4-22-14(19)10-8-12-6-5-11(7-9-13(17)18)15(20-2)16(12)21-3/h5-10H,4H2,1-3H3,(H,17,18). The van der Waals surface area contributed by atoms with Crippen LogP contribution in [0.2, 0.25) is 0 Å². The van der Waals surface area contributed by atoms with E-state index in [1.165, 1.54) is 26.4 Å². The van der Waals surface area contributed by atoms with Crippen LogP contribution in [-0.4, -0.2) is 37.9 Å². The minimum atomic E-state index is -1.06. The lowest BCUT2D eigenvalue weighted by molar-refractivity contribution is -0.137. The van der Waals surface area contributed by atoms with Gasteiger partial charge in [-0.05, 0) is 19.1 Å². The van der Waals surface area contributed by atoms with Crippen LogP contribution < -0.4 is 9.47 Å². The molecule has 1 rings (SSSR count). The normalized spacial score (nSPS) is 10.9. The van der Waals surface area contributed by atoms with Crippen LogP contribution in [0.1, 0.15) is 18.1 Å². The molecule has 118 valence electrons. The van der Waals surface area contributed by atoms with E-state index in [0.29, 0.717) is 29.2 Å². The van der Waals surface area contributed by atoms with Gasteiger partial charge in [0.25, 0.3) is 0 Å². The van der Waals surface area contributed by atoms with Crippen LogP contribution in [0.15, 0.2) is 24.3 Å². The second-order valence-corrected chi connectivity index (χ2v) is 4.07. The lowest BCUT2D eigenvalue weighted by Crippen LogP contribution is -1.99. The molecule has 0 aliphatic heterocycles. The van der Waals surface area contributed by atoms with Crippen molar-refractivity contribution in [3.63, 3.8) is 0 Å². The van der Waals surface area contributed by atoms with Crippen molar-refractivity contribution in [2.75, 3.05) is 20.8 Å². The molecule has 1 aromatic rings. The topological polar surface area (TPSA) is 82.1 Å². The molecule has 0 saturated heterocycles. The Labute approximate surface area is 128 Å². The molecule has 0 heterocycles. The number of hydrogen-bond donors (Lipinski definition) is 1. The third kappa shape index (κ3) is 4.66. The minimum Gasteiger partial charge on any atom is -0.492 e. The molecular formula is C16H18O6. The van der Waals surface area contributed by atoms with Crippen molar-refractivity contribution in [2.45, 2.75) is 6.92 Å². The molecule has 0 aliphatic rings. The molecule has 0 amide bonds. The molecule has 6 heteroatoms. The summed E-state index contributed by atoms with van der Waals surface area (Å²) >= 11 is 0. The monoisotopic (exact) mass is 306 g/mol. The number of ether oxygens (including phenoxy) is 3. The summed E-state index contributed by atoms with van der Waals surface area (Å²) in [6.45, 7) is 2.02. The average Bonchev–Trinajstić information content (AvgIpc) is 2.50. The molecule has 0 spiro atoms. The number of methoxy groups -OCH3 is 2. The predicted molar refractivity (Wildman–Crippen MR) is 81.9 cm³/mol. The number of rotatable bonds is 7. The van der Waals surface area contributed by atoms with Gasteiger partial charge in [0, 0.05) is 23.3 Å². The Morgan fingerprint density at radius 3 is 1.95 bits per heavy atom. The van der Waals surface area contributed by atoms with Gasteiger partial charge in [0.2, 0.25) is 0 Å². The van der Waals surface area contributed by atoms with E-state index in [4.69, 9.17) is 19.3 Å². The molecule has 1 aromatic carbocycles. The number of benzene rings is 1. The van der Waals surface area contributed by atoms with Gasteiger partial charge < -0.3 is 19.3 Å². The smallest absolute Gasteiger partial charge is 0.330 e. The molecule has 22 heavy (non-hydrogen) atoms. The highest BCUT2D eigenvalue weighted by Crippen LogP contribution is 2.36. The maximum atomic E-state index is 11.4. The summed E-state index contributed by atoms with van der Waals surface area (Å²) in [6, 6.07) is 3.37. The molecule has 6 nitrogen and oxygen atoms in total. The van der Waals surface area contributed by atoms with E-state index in [0.717, 1.165) is 6.08 Å². The second-order valence-electron chi connectivity index (χ2n) is 4.07. The first-order valence-electron chi connectivity index (χ1n) is 6.54. The Morgan fingerprint density at radius 2 is 1.55 bits per heavy atom. The van der Waals surface area contributed by atoms with Gasteiger partial charge in [-0.3, -0.25) is 0 Å². The SMILES string of the molecule is CCOC(=O)C=Cc1ccc(C=CC(=O)O)c(OC)c1OC. The van der Waals surface area contributed by atoms with E-state index in [1.807, 2.05) is 0 Å². The fraction of sp³-hybridized carbons (Fsp3) is 0.250. The fourth-order valence-electron chi connectivity index (χ4n) is 1.79. The Balaban J connectivity index is 3.21. The summed E-state index contributed by atoms with van der Waals surface area (Å²) in [5.74, 6) is -0.743. The Kier molecular flexibility index (Phi) is 6.69. The Morgan fingerprint density at radius 1 is 1.05 bits per heavy atom. The van der Waals surface area contributed by atoms with Crippen LogP contribution in [0.25, 0.3) is 12.2 Å².